The van der Waals surface area contributed by atoms with Gasteiger partial charge in [-0.05, 0) is 54.8 Å². The number of nitrogens with one attached hydrogen (secondary N) is 1. The average Bonchev–Trinajstić information content (AvgIpc) is 2.83. The molecule has 1 atom stereocenters. The highest BCUT2D eigenvalue weighted by atomic mass is 16.5. The normalized spacial score (nSPS) is 23.1. The summed E-state index contributed by atoms with van der Waals surface area (Å²) < 4.78 is 6.55. The fourth-order valence-electron chi connectivity index (χ4n) is 3.61. The summed E-state index contributed by atoms with van der Waals surface area (Å²) in [6.45, 7) is 1.91. The monoisotopic (exact) mass is 281 g/mol. The number of fused-ring (bicyclic) bond motifs is 2. The number of phenols is 1. The fraction of sp³-hybridized carbons (Fsp3) is 0.333. The molecular weight excluding hydrogens is 262 g/mol. The largest absolute Gasteiger partial charge is 0.508 e. The smallest absolute Gasteiger partial charge is 0.115 e. The summed E-state index contributed by atoms with van der Waals surface area (Å²) in [6.07, 6.45) is 1.87. The van der Waals surface area contributed by atoms with Gasteiger partial charge in [0.15, 0.2) is 0 Å². The molecule has 2 N–H and O–H groups in total. The summed E-state index contributed by atoms with van der Waals surface area (Å²) in [5.74, 6) is 0.323. The summed E-state index contributed by atoms with van der Waals surface area (Å²) >= 11 is 0. The Morgan fingerprint density at radius 3 is 2.57 bits per heavy atom. The van der Waals surface area contributed by atoms with Gasteiger partial charge in [0.1, 0.15) is 11.9 Å². The van der Waals surface area contributed by atoms with E-state index >= 15 is 0 Å². The summed E-state index contributed by atoms with van der Waals surface area (Å²) in [6, 6.07) is 16.0. The zero-order valence-electron chi connectivity index (χ0n) is 11.9. The number of phenolic OH excluding ortho intramolecular Hbond substituents is 1. The van der Waals surface area contributed by atoms with Crippen LogP contribution in [0.2, 0.25) is 0 Å². The van der Waals surface area contributed by atoms with Gasteiger partial charge < -0.3 is 15.2 Å². The molecule has 0 saturated carbocycles. The molecule has 1 fully saturated rings. The topological polar surface area (TPSA) is 41.5 Å². The van der Waals surface area contributed by atoms with E-state index in [1.54, 1.807) is 6.07 Å². The zero-order chi connectivity index (χ0) is 14.3. The van der Waals surface area contributed by atoms with Crippen LogP contribution < -0.4 is 5.32 Å². The van der Waals surface area contributed by atoms with E-state index in [0.717, 1.165) is 31.5 Å². The quantitative estimate of drug-likeness (QED) is 0.844. The van der Waals surface area contributed by atoms with Crippen LogP contribution in [0.1, 0.15) is 35.6 Å². The number of ether oxygens (including phenoxy) is 1. The Morgan fingerprint density at radius 2 is 1.81 bits per heavy atom. The van der Waals surface area contributed by atoms with Crippen molar-refractivity contribution in [2.45, 2.75) is 24.5 Å². The first kappa shape index (κ1) is 12.9. The van der Waals surface area contributed by atoms with Gasteiger partial charge in [-0.3, -0.25) is 0 Å². The molecule has 2 heterocycles. The lowest BCUT2D eigenvalue weighted by molar-refractivity contribution is -0.0799. The van der Waals surface area contributed by atoms with Crippen molar-refractivity contribution >= 4 is 0 Å². The molecule has 4 rings (SSSR count). The van der Waals surface area contributed by atoms with Crippen molar-refractivity contribution in [2.75, 3.05) is 13.1 Å². The number of hydrogen-bond donors (Lipinski definition) is 2. The lowest BCUT2D eigenvalue weighted by atomic mass is 9.83. The molecular formula is C18H19NO2. The van der Waals surface area contributed by atoms with Crippen LogP contribution in [0.3, 0.4) is 0 Å². The van der Waals surface area contributed by atoms with Crippen LogP contribution >= 0.6 is 0 Å². The van der Waals surface area contributed by atoms with E-state index in [4.69, 9.17) is 4.74 Å². The molecule has 2 aliphatic heterocycles. The maximum absolute atomic E-state index is 9.90. The second kappa shape index (κ2) is 4.86. The highest BCUT2D eigenvalue weighted by Gasteiger charge is 2.46. The Labute approximate surface area is 124 Å². The number of hydrogen-bond acceptors (Lipinski definition) is 3. The lowest BCUT2D eigenvalue weighted by Gasteiger charge is -2.34. The molecule has 0 aliphatic carbocycles. The second-order valence-corrected chi connectivity index (χ2v) is 5.92. The first-order chi connectivity index (χ1) is 10.3. The van der Waals surface area contributed by atoms with Crippen LogP contribution in [-0.2, 0) is 10.3 Å². The SMILES string of the molecule is Oc1ccc2c(c1)C1(CCNCC1)OC2c1ccccc1. The van der Waals surface area contributed by atoms with E-state index in [-0.39, 0.29) is 11.7 Å². The van der Waals surface area contributed by atoms with Crippen LogP contribution in [0.5, 0.6) is 5.75 Å². The average molecular weight is 281 g/mol. The highest BCUT2D eigenvalue weighted by Crippen LogP contribution is 2.51. The second-order valence-electron chi connectivity index (χ2n) is 5.92. The van der Waals surface area contributed by atoms with Crippen LogP contribution in [0, 0.1) is 0 Å². The zero-order valence-corrected chi connectivity index (χ0v) is 11.9. The van der Waals surface area contributed by atoms with Gasteiger partial charge in [0, 0.05) is 0 Å². The molecule has 2 aromatic rings. The molecule has 1 saturated heterocycles. The standard InChI is InChI=1S/C18H19NO2/c20-14-6-7-15-16(12-14)18(8-10-19-11-9-18)21-17(15)13-4-2-1-3-5-13/h1-7,12,17,19-20H,8-11H2. The lowest BCUT2D eigenvalue weighted by Crippen LogP contribution is -2.39. The summed E-state index contributed by atoms with van der Waals surface area (Å²) in [4.78, 5) is 0. The number of rotatable bonds is 1. The van der Waals surface area contributed by atoms with Crippen molar-refractivity contribution in [3.05, 3.63) is 65.2 Å². The minimum absolute atomic E-state index is 0.0279. The molecule has 0 bridgehead atoms. The van der Waals surface area contributed by atoms with E-state index in [9.17, 15) is 5.11 Å². The molecule has 0 aromatic heterocycles. The number of piperidine rings is 1. The first-order valence-electron chi connectivity index (χ1n) is 7.55. The van der Waals surface area contributed by atoms with Crippen molar-refractivity contribution in [1.82, 2.24) is 5.32 Å². The predicted octanol–water partition coefficient (Wildman–Crippen LogP) is 3.09. The molecule has 108 valence electrons. The van der Waals surface area contributed by atoms with Gasteiger partial charge in [0.2, 0.25) is 0 Å². The van der Waals surface area contributed by atoms with Crippen LogP contribution in [0.4, 0.5) is 0 Å². The maximum Gasteiger partial charge on any atom is 0.115 e. The molecule has 1 unspecified atom stereocenters. The van der Waals surface area contributed by atoms with Gasteiger partial charge >= 0.3 is 0 Å². The molecule has 2 aliphatic rings. The molecule has 1 spiro atoms. The predicted molar refractivity (Wildman–Crippen MR) is 81.3 cm³/mol. The minimum atomic E-state index is -0.250. The Kier molecular flexibility index (Phi) is 2.98. The van der Waals surface area contributed by atoms with E-state index in [2.05, 4.69) is 17.4 Å². The van der Waals surface area contributed by atoms with E-state index in [1.165, 1.54) is 11.1 Å². The third kappa shape index (κ3) is 2.04. The van der Waals surface area contributed by atoms with Crippen LogP contribution in [0.15, 0.2) is 48.5 Å². The third-order valence-electron chi connectivity index (χ3n) is 4.67. The number of benzene rings is 2. The molecule has 0 amide bonds. The van der Waals surface area contributed by atoms with Crippen LogP contribution in [-0.4, -0.2) is 18.2 Å². The van der Waals surface area contributed by atoms with Gasteiger partial charge in [-0.25, -0.2) is 0 Å². The van der Waals surface area contributed by atoms with Crippen molar-refractivity contribution < 1.29 is 9.84 Å². The van der Waals surface area contributed by atoms with Crippen molar-refractivity contribution in [3.63, 3.8) is 0 Å². The minimum Gasteiger partial charge on any atom is -0.508 e. The maximum atomic E-state index is 9.90. The Balaban J connectivity index is 1.83. The van der Waals surface area contributed by atoms with Crippen molar-refractivity contribution in [1.29, 1.82) is 0 Å². The van der Waals surface area contributed by atoms with E-state index in [0.29, 0.717) is 5.75 Å². The van der Waals surface area contributed by atoms with Gasteiger partial charge in [-0.1, -0.05) is 36.4 Å². The highest BCUT2D eigenvalue weighted by molar-refractivity contribution is 5.47. The van der Waals surface area contributed by atoms with Gasteiger partial charge in [-0.2, -0.15) is 0 Å². The van der Waals surface area contributed by atoms with E-state index < -0.39 is 0 Å². The molecule has 3 nitrogen and oxygen atoms in total. The van der Waals surface area contributed by atoms with E-state index in [1.807, 2.05) is 30.3 Å². The first-order valence-corrected chi connectivity index (χ1v) is 7.55. The number of aromatic hydroxyl groups is 1. The Hall–Kier alpha value is -1.84. The summed E-state index contributed by atoms with van der Waals surface area (Å²) in [7, 11) is 0. The van der Waals surface area contributed by atoms with Crippen LogP contribution in [0.25, 0.3) is 0 Å². The van der Waals surface area contributed by atoms with Crippen molar-refractivity contribution in [3.8, 4) is 5.75 Å². The molecule has 21 heavy (non-hydrogen) atoms. The van der Waals surface area contributed by atoms with Crippen molar-refractivity contribution in [2.24, 2.45) is 0 Å². The molecule has 2 aromatic carbocycles. The van der Waals surface area contributed by atoms with Gasteiger partial charge in [-0.15, -0.1) is 0 Å². The van der Waals surface area contributed by atoms with Gasteiger partial charge in [0.25, 0.3) is 0 Å². The summed E-state index contributed by atoms with van der Waals surface area (Å²) in [5.41, 5.74) is 3.29. The molecule has 3 heteroatoms. The molecule has 0 radical (unpaired) electrons. The van der Waals surface area contributed by atoms with Gasteiger partial charge in [0.05, 0.1) is 5.60 Å². The summed E-state index contributed by atoms with van der Waals surface area (Å²) in [5, 5.41) is 13.3. The Bertz CT molecular complexity index is 648. The Morgan fingerprint density at radius 1 is 1.05 bits per heavy atom. The third-order valence-corrected chi connectivity index (χ3v) is 4.67. The fourth-order valence-corrected chi connectivity index (χ4v) is 3.61.